The number of amides is 16. The van der Waals surface area contributed by atoms with Crippen molar-refractivity contribution in [3.8, 4) is 5.75 Å². The van der Waals surface area contributed by atoms with E-state index in [2.05, 4.69) is 99.0 Å². The van der Waals surface area contributed by atoms with Crippen LogP contribution in [-0.4, -0.2) is 216 Å². The van der Waals surface area contributed by atoms with Crippen molar-refractivity contribution in [1.82, 2.24) is 73.8 Å². The number of aliphatic carboxylic acids is 1. The SMILES string of the molecule is CC(=O)N[C@@H](CS)C(=O)N[C@@H](CCC(N)=O)C(=O)N[C@H](C(=O)N[C@@H](Cc1c[nH]c2ccccc12)C(=O)N[C@@H](CCC(N)=O)C(=O)N[C@@H](CS)C(=O)N[C@@H](Cc1ccc(O)cc1)C(=O)N[C@@H](Cc1c[nH]c2ccccc12)C(=O)N[C@@](C)(CC(C)C)C(=O)N[C@@H](CCC(=O)O)C(=O)N[C@@H](CC(N)=O)C(=O)NCC(N)=O)[C@@H](C)O. The lowest BCUT2D eigenvalue weighted by molar-refractivity contribution is -0.140. The molecule has 40 heteroatoms. The van der Waals surface area contributed by atoms with Gasteiger partial charge in [0.15, 0.2) is 0 Å². The summed E-state index contributed by atoms with van der Waals surface area (Å²) in [4.78, 5) is 236. The first-order valence-corrected chi connectivity index (χ1v) is 36.3. The maximum Gasteiger partial charge on any atom is 0.303 e. The standard InChI is InChI=1S/C71H96N18O20S2/c1-34(2)28-71(5,70(109)87-47(20-23-58(97)98)62(101)84-51(27-56(74)95)60(99)78-31-57(75)96)89-68(107)50(26-39-30-77-44-13-9-7-11-42(39)44)83-64(103)48(24-37-14-16-40(92)17-15-37)82-67(106)53(33-111)86-61(100)45(18-21-54(72)93)80-65(104)49(25-38-29-76-43-12-8-6-10-41(38)43)85-69(108)59(35(3)90)88-63(102)46(19-22-55(73)94)81-66(105)52(32-110)79-36(4)91/h6-17,29-30,34-35,45-53,59,76-77,90,92,110-111H,18-28,31-33H2,1-5H3,(H2,72,93)(H2,73,94)(H2,74,95)(H2,75,96)(H,78,99)(H,79,91)(H,80,104)(H,81,105)(H,82,106)(H,83,103)(H,84,101)(H,85,108)(H,86,100)(H,87,109)(H,88,102)(H,89,107)(H,97,98)/t35-,45+,46+,47+,48+,49+,50+,51+,52+,53+,59+,71+/m1/s1. The van der Waals surface area contributed by atoms with Crippen molar-refractivity contribution in [3.05, 3.63) is 102 Å². The molecule has 0 fully saturated rings. The van der Waals surface area contributed by atoms with Crippen LogP contribution in [0.1, 0.15) is 103 Å². The molecule has 3 aromatic carbocycles. The Hall–Kier alpha value is -11.8. The molecule has 0 saturated heterocycles. The van der Waals surface area contributed by atoms with Crippen molar-refractivity contribution in [2.24, 2.45) is 28.9 Å². The zero-order valence-electron chi connectivity index (χ0n) is 61.4. The highest BCUT2D eigenvalue weighted by Gasteiger charge is 2.42. The normalized spacial score (nSPS) is 14.7. The Morgan fingerprint density at radius 1 is 0.459 bits per heavy atom. The molecule has 2 heterocycles. The number of phenols is 1. The van der Waals surface area contributed by atoms with E-state index in [4.69, 9.17) is 22.9 Å². The van der Waals surface area contributed by atoms with Gasteiger partial charge in [-0.3, -0.25) is 81.5 Å². The van der Waals surface area contributed by atoms with Gasteiger partial charge < -0.3 is 112 Å². The van der Waals surface area contributed by atoms with Crippen LogP contribution in [0.25, 0.3) is 21.8 Å². The number of thiol groups is 2. The van der Waals surface area contributed by atoms with Crippen LogP contribution >= 0.6 is 25.3 Å². The minimum absolute atomic E-state index is 0.189. The van der Waals surface area contributed by atoms with Gasteiger partial charge in [0.1, 0.15) is 71.7 Å². The maximum atomic E-state index is 15.2. The van der Waals surface area contributed by atoms with Gasteiger partial charge >= 0.3 is 5.97 Å². The van der Waals surface area contributed by atoms with Crippen LogP contribution < -0.4 is 86.7 Å². The van der Waals surface area contributed by atoms with Crippen molar-refractivity contribution in [3.63, 3.8) is 0 Å². The number of primary amides is 4. The lowest BCUT2D eigenvalue weighted by Crippen LogP contribution is -2.65. The fourth-order valence-corrected chi connectivity index (χ4v) is 12.3. The Morgan fingerprint density at radius 3 is 1.32 bits per heavy atom. The summed E-state index contributed by atoms with van der Waals surface area (Å²) < 4.78 is 0. The number of carbonyl (C=O) groups excluding carboxylic acids is 16. The second kappa shape index (κ2) is 42.8. The summed E-state index contributed by atoms with van der Waals surface area (Å²) in [7, 11) is 0. The highest BCUT2D eigenvalue weighted by atomic mass is 32.1. The highest BCUT2D eigenvalue weighted by molar-refractivity contribution is 7.80. The molecule has 16 amide bonds. The van der Waals surface area contributed by atoms with Crippen LogP contribution in [0.15, 0.2) is 85.2 Å². The Bertz CT molecular complexity index is 4230. The number of fused-ring (bicyclic) bond motifs is 2. The van der Waals surface area contributed by atoms with Crippen molar-refractivity contribution in [1.29, 1.82) is 0 Å². The average Bonchev–Trinajstić information content (AvgIpc) is 1.78. The third-order valence-corrected chi connectivity index (χ3v) is 18.0. The van der Waals surface area contributed by atoms with Crippen LogP contribution in [0.3, 0.4) is 0 Å². The summed E-state index contributed by atoms with van der Waals surface area (Å²) in [5, 5.41) is 61.5. The number of carboxylic acid groups (broad SMARTS) is 1. The van der Waals surface area contributed by atoms with Crippen LogP contribution in [0.5, 0.6) is 5.75 Å². The van der Waals surface area contributed by atoms with Crippen molar-refractivity contribution in [2.45, 2.75) is 177 Å². The molecule has 0 radical (unpaired) electrons. The number of aromatic nitrogens is 2. The summed E-state index contributed by atoms with van der Waals surface area (Å²) in [5.74, 6) is -19.4. The molecule has 0 aliphatic rings. The number of phenolic OH excluding ortho intramolecular Hbond substituents is 1. The van der Waals surface area contributed by atoms with Gasteiger partial charge in [-0.15, -0.1) is 0 Å². The van der Waals surface area contributed by atoms with Gasteiger partial charge in [0.25, 0.3) is 0 Å². The van der Waals surface area contributed by atoms with Gasteiger partial charge in [-0.1, -0.05) is 62.4 Å². The fraction of sp³-hybridized carbons (Fsp3) is 0.451. The molecule has 0 aliphatic heterocycles. The van der Waals surface area contributed by atoms with Crippen molar-refractivity contribution in [2.75, 3.05) is 18.1 Å². The number of H-pyrrole nitrogens is 2. The van der Waals surface area contributed by atoms with E-state index >= 15 is 9.59 Å². The maximum absolute atomic E-state index is 15.2. The van der Waals surface area contributed by atoms with E-state index in [0.717, 1.165) is 13.8 Å². The van der Waals surface area contributed by atoms with Crippen LogP contribution in [0.2, 0.25) is 0 Å². The summed E-state index contributed by atoms with van der Waals surface area (Å²) in [6, 6.07) is 2.14. The number of carbonyl (C=O) groups is 17. The van der Waals surface area contributed by atoms with Crippen LogP contribution in [0, 0.1) is 5.92 Å². The average molecular weight is 1590 g/mol. The number of rotatable bonds is 46. The van der Waals surface area contributed by atoms with Crippen molar-refractivity contribution < 1.29 is 96.8 Å². The number of benzene rings is 3. The molecule has 2 aromatic heterocycles. The van der Waals surface area contributed by atoms with Crippen molar-refractivity contribution >= 4 is 148 Å². The van der Waals surface area contributed by atoms with E-state index in [0.29, 0.717) is 38.5 Å². The minimum Gasteiger partial charge on any atom is -0.508 e. The fourth-order valence-electron chi connectivity index (χ4n) is 11.8. The number of nitrogens with two attached hydrogens (primary N) is 4. The summed E-state index contributed by atoms with van der Waals surface area (Å²) in [6.45, 7) is 6.17. The smallest absolute Gasteiger partial charge is 0.303 e. The zero-order valence-corrected chi connectivity index (χ0v) is 63.2. The van der Waals surface area contributed by atoms with Gasteiger partial charge in [-0.2, -0.15) is 25.3 Å². The lowest BCUT2D eigenvalue weighted by atomic mass is 9.88. The minimum atomic E-state index is -2.04. The number of aromatic hydroxyl groups is 1. The molecule has 0 aliphatic carbocycles. The predicted molar refractivity (Wildman–Crippen MR) is 406 cm³/mol. The van der Waals surface area contributed by atoms with E-state index in [1.54, 1.807) is 68.6 Å². The molecule has 0 unspecified atom stereocenters. The van der Waals surface area contributed by atoms with Gasteiger partial charge in [0, 0.05) is 91.2 Å². The first-order chi connectivity index (χ1) is 52.3. The van der Waals surface area contributed by atoms with E-state index in [9.17, 15) is 87.2 Å². The third-order valence-electron chi connectivity index (χ3n) is 17.3. The number of hydrogen-bond donors (Lipinski definition) is 23. The molecule has 5 aromatic rings. The quantitative estimate of drug-likeness (QED) is 0.0163. The molecule has 5 rings (SSSR count). The number of aliphatic hydroxyl groups is 1. The summed E-state index contributed by atoms with van der Waals surface area (Å²) in [6.07, 6.45) is -4.15. The third kappa shape index (κ3) is 28.6. The summed E-state index contributed by atoms with van der Waals surface area (Å²) >= 11 is 8.44. The molecule has 111 heavy (non-hydrogen) atoms. The van der Waals surface area contributed by atoms with Gasteiger partial charge in [0.2, 0.25) is 94.5 Å². The Balaban J connectivity index is 1.49. The highest BCUT2D eigenvalue weighted by Crippen LogP contribution is 2.24. The number of para-hydroxylation sites is 2. The summed E-state index contributed by atoms with van der Waals surface area (Å²) in [5.41, 5.74) is 21.7. The molecule has 12 atom stereocenters. The zero-order chi connectivity index (χ0) is 82.6. The number of hydrogen-bond acceptors (Lipinski definition) is 21. The second-order valence-electron chi connectivity index (χ2n) is 27.0. The van der Waals surface area contributed by atoms with E-state index in [1.807, 2.05) is 0 Å². The van der Waals surface area contributed by atoms with Crippen LogP contribution in [0.4, 0.5) is 0 Å². The first kappa shape index (κ1) is 89.8. The number of nitrogens with one attached hydrogen (secondary N) is 14. The molecule has 0 spiro atoms. The molecule has 25 N–H and O–H groups in total. The topological polar surface area (TPSA) is 631 Å². The van der Waals surface area contributed by atoms with Gasteiger partial charge in [-0.25, -0.2) is 0 Å². The van der Waals surface area contributed by atoms with Gasteiger partial charge in [-0.05, 0) is 86.4 Å². The monoisotopic (exact) mass is 1580 g/mol. The lowest BCUT2D eigenvalue weighted by Gasteiger charge is -2.34. The molecule has 0 saturated carbocycles. The van der Waals surface area contributed by atoms with E-state index in [1.165, 1.54) is 37.4 Å². The van der Waals surface area contributed by atoms with Crippen LogP contribution in [-0.2, 0) is 101 Å². The number of carboxylic acids is 1. The molecular formula is C71H96N18O20S2. The second-order valence-corrected chi connectivity index (χ2v) is 27.7. The molecular weight excluding hydrogens is 1490 g/mol. The largest absolute Gasteiger partial charge is 0.508 e. The molecule has 38 nitrogen and oxygen atoms in total. The predicted octanol–water partition coefficient (Wildman–Crippen LogP) is -4.72. The Kier molecular flexibility index (Phi) is 34.6. The Morgan fingerprint density at radius 2 is 0.865 bits per heavy atom. The number of aliphatic hydroxyl groups excluding tert-OH is 1. The van der Waals surface area contributed by atoms with Gasteiger partial charge in [0.05, 0.1) is 19.1 Å². The van der Waals surface area contributed by atoms with E-state index < -0.39 is 242 Å². The molecule has 0 bridgehead atoms. The first-order valence-electron chi connectivity index (χ1n) is 35.1. The molecule has 602 valence electrons. The Labute approximate surface area is 647 Å². The van der Waals surface area contributed by atoms with E-state index in [-0.39, 0.29) is 30.8 Å². The number of aromatic amines is 2.